The fourth-order valence-electron chi connectivity index (χ4n) is 5.61. The number of benzene rings is 2. The van der Waals surface area contributed by atoms with E-state index in [0.717, 1.165) is 35.1 Å². The van der Waals surface area contributed by atoms with Crippen LogP contribution in [-0.4, -0.2) is 42.4 Å². The summed E-state index contributed by atoms with van der Waals surface area (Å²) >= 11 is 0. The smallest absolute Gasteiger partial charge is 0.298 e. The van der Waals surface area contributed by atoms with Gasteiger partial charge in [-0.25, -0.2) is 4.39 Å². The van der Waals surface area contributed by atoms with E-state index in [2.05, 4.69) is 16.7 Å². The van der Waals surface area contributed by atoms with Gasteiger partial charge in [0.1, 0.15) is 5.82 Å². The maximum absolute atomic E-state index is 15.5. The molecular weight excluding hydrogens is 393 g/mol. The second-order valence-electron chi connectivity index (χ2n) is 8.53. The summed E-state index contributed by atoms with van der Waals surface area (Å²) in [6, 6.07) is 9.35. The average molecular weight is 417 g/mol. The molecule has 0 saturated carbocycles. The molecule has 2 amide bonds. The van der Waals surface area contributed by atoms with Gasteiger partial charge in [0.05, 0.1) is 5.69 Å². The second-order valence-corrected chi connectivity index (χ2v) is 8.53. The molecule has 5 rings (SSSR count). The van der Waals surface area contributed by atoms with Gasteiger partial charge in [-0.1, -0.05) is 30.2 Å². The first kappa shape index (κ1) is 19.6. The standard InChI is InChI=1S/C25H24FN3O2/c1-2-5-22(30)29-11-8-16-14-28(10-9-21(16)29)24-20(26)13-19(25(27)31)18-12-15-6-3-4-7-17(15)23(18)24/h3-4,6-7,13,16,21H,8-12,14H2,1H3,(H2,27,31). The Morgan fingerprint density at radius 1 is 1.19 bits per heavy atom. The van der Waals surface area contributed by atoms with Gasteiger partial charge in [-0.2, -0.15) is 0 Å². The number of primary amides is 1. The third-order valence-corrected chi connectivity index (χ3v) is 6.92. The van der Waals surface area contributed by atoms with E-state index in [9.17, 15) is 9.59 Å². The summed E-state index contributed by atoms with van der Waals surface area (Å²) in [7, 11) is 0. The molecule has 2 aromatic rings. The van der Waals surface area contributed by atoms with Crippen molar-refractivity contribution >= 4 is 17.5 Å². The van der Waals surface area contributed by atoms with Crippen LogP contribution in [0.3, 0.4) is 0 Å². The topological polar surface area (TPSA) is 66.6 Å². The summed E-state index contributed by atoms with van der Waals surface area (Å²) in [5.41, 5.74) is 10.1. The number of carbonyl (C=O) groups is 2. The van der Waals surface area contributed by atoms with Crippen molar-refractivity contribution in [1.29, 1.82) is 0 Å². The number of amides is 2. The van der Waals surface area contributed by atoms with Gasteiger partial charge in [0.2, 0.25) is 5.91 Å². The second kappa shape index (κ2) is 7.42. The predicted octanol–water partition coefficient (Wildman–Crippen LogP) is 2.95. The number of rotatable bonds is 2. The lowest BCUT2D eigenvalue weighted by Crippen LogP contribution is -2.47. The maximum Gasteiger partial charge on any atom is 0.298 e. The number of fused-ring (bicyclic) bond motifs is 4. The SMILES string of the molecule is CC#CC(=O)N1CCC2CN(c3c(F)cc(C(N)=O)c4c3-c3ccccc3C4)CCC21. The fourth-order valence-corrected chi connectivity index (χ4v) is 5.61. The minimum atomic E-state index is -0.602. The lowest BCUT2D eigenvalue weighted by atomic mass is 9.90. The van der Waals surface area contributed by atoms with Crippen LogP contribution >= 0.6 is 0 Å². The molecule has 0 radical (unpaired) electrons. The largest absolute Gasteiger partial charge is 0.368 e. The summed E-state index contributed by atoms with van der Waals surface area (Å²) in [6.45, 7) is 3.69. The molecule has 2 N–H and O–H groups in total. The lowest BCUT2D eigenvalue weighted by Gasteiger charge is -2.39. The van der Waals surface area contributed by atoms with Crippen LogP contribution in [0.2, 0.25) is 0 Å². The van der Waals surface area contributed by atoms with Gasteiger partial charge in [0, 0.05) is 36.8 Å². The van der Waals surface area contributed by atoms with Crippen LogP contribution in [0.4, 0.5) is 10.1 Å². The van der Waals surface area contributed by atoms with Crippen molar-refractivity contribution in [3.05, 3.63) is 52.8 Å². The highest BCUT2D eigenvalue weighted by molar-refractivity contribution is 6.01. The van der Waals surface area contributed by atoms with Crippen LogP contribution < -0.4 is 10.6 Å². The van der Waals surface area contributed by atoms with Crippen LogP contribution in [0.5, 0.6) is 0 Å². The number of nitrogens with two attached hydrogens (primary N) is 1. The minimum Gasteiger partial charge on any atom is -0.368 e. The molecule has 31 heavy (non-hydrogen) atoms. The number of nitrogens with zero attached hydrogens (tertiary/aromatic N) is 2. The van der Waals surface area contributed by atoms with E-state index in [4.69, 9.17) is 5.73 Å². The Hall–Kier alpha value is -3.33. The van der Waals surface area contributed by atoms with E-state index in [-0.39, 0.29) is 23.4 Å². The van der Waals surface area contributed by atoms with Gasteiger partial charge >= 0.3 is 0 Å². The van der Waals surface area contributed by atoms with Crippen LogP contribution in [-0.2, 0) is 11.2 Å². The molecule has 2 unspecified atom stereocenters. The van der Waals surface area contributed by atoms with Gasteiger partial charge in [0.15, 0.2) is 0 Å². The first-order valence-electron chi connectivity index (χ1n) is 10.7. The third-order valence-electron chi connectivity index (χ3n) is 6.92. The van der Waals surface area contributed by atoms with Crippen molar-refractivity contribution in [3.8, 4) is 23.0 Å². The number of hydrogen-bond acceptors (Lipinski definition) is 3. The van der Waals surface area contributed by atoms with Crippen molar-refractivity contribution in [2.75, 3.05) is 24.5 Å². The Morgan fingerprint density at radius 3 is 2.77 bits per heavy atom. The Kier molecular flexibility index (Phi) is 4.70. The van der Waals surface area contributed by atoms with Crippen molar-refractivity contribution in [3.63, 3.8) is 0 Å². The van der Waals surface area contributed by atoms with Gasteiger partial charge < -0.3 is 15.5 Å². The number of carbonyl (C=O) groups excluding carboxylic acids is 2. The number of anilines is 1. The monoisotopic (exact) mass is 417 g/mol. The van der Waals surface area contributed by atoms with E-state index < -0.39 is 11.7 Å². The first-order valence-corrected chi connectivity index (χ1v) is 10.7. The number of likely N-dealkylation sites (tertiary alicyclic amines) is 1. The highest BCUT2D eigenvalue weighted by Gasteiger charge is 2.42. The van der Waals surface area contributed by atoms with Crippen LogP contribution in [0.1, 0.15) is 41.3 Å². The molecule has 0 aromatic heterocycles. The van der Waals surface area contributed by atoms with Crippen LogP contribution in [0, 0.1) is 23.6 Å². The molecule has 1 aliphatic carbocycles. The number of piperidine rings is 1. The zero-order valence-electron chi connectivity index (χ0n) is 17.5. The average Bonchev–Trinajstić information content (AvgIpc) is 3.34. The van der Waals surface area contributed by atoms with Crippen molar-refractivity contribution in [1.82, 2.24) is 4.90 Å². The molecule has 2 fully saturated rings. The van der Waals surface area contributed by atoms with E-state index in [1.54, 1.807) is 6.92 Å². The molecule has 2 saturated heterocycles. The van der Waals surface area contributed by atoms with Gasteiger partial charge in [-0.15, -0.1) is 0 Å². The Balaban J connectivity index is 1.53. The molecule has 5 nitrogen and oxygen atoms in total. The number of hydrogen-bond donors (Lipinski definition) is 1. The van der Waals surface area contributed by atoms with Crippen LogP contribution in [0.25, 0.3) is 11.1 Å². The molecule has 0 spiro atoms. The number of halogens is 1. The molecule has 2 heterocycles. The molecule has 3 aliphatic rings. The van der Waals surface area contributed by atoms with Gasteiger partial charge in [0.25, 0.3) is 5.91 Å². The molecule has 0 bridgehead atoms. The molecule has 2 aromatic carbocycles. The summed E-state index contributed by atoms with van der Waals surface area (Å²) < 4.78 is 15.5. The summed E-state index contributed by atoms with van der Waals surface area (Å²) in [4.78, 5) is 28.4. The molecule has 158 valence electrons. The van der Waals surface area contributed by atoms with E-state index in [1.165, 1.54) is 6.07 Å². The zero-order valence-corrected chi connectivity index (χ0v) is 17.5. The summed E-state index contributed by atoms with van der Waals surface area (Å²) in [5, 5.41) is 0. The molecule has 6 heteroatoms. The maximum atomic E-state index is 15.5. The van der Waals surface area contributed by atoms with E-state index in [1.807, 2.05) is 29.2 Å². The molecule has 2 atom stereocenters. The van der Waals surface area contributed by atoms with Crippen molar-refractivity contribution in [2.45, 2.75) is 32.2 Å². The van der Waals surface area contributed by atoms with E-state index in [0.29, 0.717) is 31.7 Å². The summed E-state index contributed by atoms with van der Waals surface area (Å²) in [6.07, 6.45) is 2.24. The lowest BCUT2D eigenvalue weighted by molar-refractivity contribution is -0.126. The first-order chi connectivity index (χ1) is 15.0. The van der Waals surface area contributed by atoms with Crippen molar-refractivity contribution in [2.24, 2.45) is 11.7 Å². The Labute approximate surface area is 181 Å². The molecule has 2 aliphatic heterocycles. The highest BCUT2D eigenvalue weighted by Crippen LogP contribution is 2.47. The predicted molar refractivity (Wildman–Crippen MR) is 117 cm³/mol. The van der Waals surface area contributed by atoms with E-state index >= 15 is 4.39 Å². The van der Waals surface area contributed by atoms with Crippen LogP contribution in [0.15, 0.2) is 30.3 Å². The highest BCUT2D eigenvalue weighted by atomic mass is 19.1. The third kappa shape index (κ3) is 3.07. The van der Waals surface area contributed by atoms with Gasteiger partial charge in [-0.05, 0) is 60.8 Å². The quantitative estimate of drug-likeness (QED) is 0.652. The molecular formula is C25H24FN3O2. The van der Waals surface area contributed by atoms with Gasteiger partial charge in [-0.3, -0.25) is 9.59 Å². The fraction of sp³-hybridized carbons (Fsp3) is 0.360. The Morgan fingerprint density at radius 2 is 2.00 bits per heavy atom. The zero-order chi connectivity index (χ0) is 21.7. The minimum absolute atomic E-state index is 0.115. The summed E-state index contributed by atoms with van der Waals surface area (Å²) in [5.74, 6) is 4.50. The Bertz CT molecular complexity index is 1160. The van der Waals surface area contributed by atoms with Crippen molar-refractivity contribution < 1.29 is 14.0 Å². The normalized spacial score (nSPS) is 21.1.